The smallest absolute Gasteiger partial charge is 0.121 e. The van der Waals surface area contributed by atoms with Gasteiger partial charge >= 0.3 is 0 Å². The average molecular weight is 275 g/mol. The molecule has 2 atom stereocenters. The van der Waals surface area contributed by atoms with Crippen LogP contribution in [0.25, 0.3) is 0 Å². The molecular formula is C18H29NO. The van der Waals surface area contributed by atoms with Crippen LogP contribution in [0.5, 0.6) is 5.75 Å². The van der Waals surface area contributed by atoms with Crippen LogP contribution in [0.1, 0.15) is 57.2 Å². The molecular weight excluding hydrogens is 246 g/mol. The first-order chi connectivity index (χ1) is 9.49. The van der Waals surface area contributed by atoms with E-state index in [9.17, 15) is 0 Å². The van der Waals surface area contributed by atoms with E-state index in [0.717, 1.165) is 18.2 Å². The number of benzene rings is 1. The number of hydrogen-bond donors (Lipinski definition) is 1. The first-order valence-corrected chi connectivity index (χ1v) is 7.87. The first kappa shape index (κ1) is 15.4. The highest BCUT2D eigenvalue weighted by Crippen LogP contribution is 2.48. The van der Waals surface area contributed by atoms with Crippen molar-refractivity contribution in [3.8, 4) is 5.75 Å². The van der Waals surface area contributed by atoms with Crippen molar-refractivity contribution in [1.29, 1.82) is 0 Å². The van der Waals surface area contributed by atoms with E-state index >= 15 is 0 Å². The van der Waals surface area contributed by atoms with Gasteiger partial charge in [0.05, 0.1) is 7.11 Å². The normalized spacial score (nSPS) is 22.8. The van der Waals surface area contributed by atoms with Crippen LogP contribution in [0.2, 0.25) is 0 Å². The Kier molecular flexibility index (Phi) is 4.74. The van der Waals surface area contributed by atoms with Crippen LogP contribution >= 0.6 is 0 Å². The standard InChI is InChI=1S/C18H29NO/c1-6-19-17(15-8-7-11-18(15,3)4)14-9-10-16(20-5)13(2)12-14/h9-10,12,15,17,19H,6-8,11H2,1-5H3. The van der Waals surface area contributed by atoms with Crippen molar-refractivity contribution in [2.45, 2.75) is 53.0 Å². The van der Waals surface area contributed by atoms with E-state index in [2.05, 4.69) is 51.2 Å². The molecule has 1 aliphatic carbocycles. The minimum atomic E-state index is 0.431. The summed E-state index contributed by atoms with van der Waals surface area (Å²) in [7, 11) is 1.74. The molecule has 0 amide bonds. The highest BCUT2D eigenvalue weighted by molar-refractivity contribution is 5.37. The predicted octanol–water partition coefficient (Wildman–Crippen LogP) is 4.48. The third-order valence-electron chi connectivity index (χ3n) is 4.94. The summed E-state index contributed by atoms with van der Waals surface area (Å²) in [5.74, 6) is 1.70. The van der Waals surface area contributed by atoms with Gasteiger partial charge in [0.25, 0.3) is 0 Å². The number of hydrogen-bond acceptors (Lipinski definition) is 2. The van der Waals surface area contributed by atoms with Crippen LogP contribution < -0.4 is 10.1 Å². The summed E-state index contributed by atoms with van der Waals surface area (Å²) in [6.45, 7) is 10.2. The summed E-state index contributed by atoms with van der Waals surface area (Å²) in [5.41, 5.74) is 3.06. The Hall–Kier alpha value is -1.02. The Morgan fingerprint density at radius 3 is 2.65 bits per heavy atom. The molecule has 0 radical (unpaired) electrons. The lowest BCUT2D eigenvalue weighted by Crippen LogP contribution is -2.34. The third-order valence-corrected chi connectivity index (χ3v) is 4.94. The SMILES string of the molecule is CCNC(c1ccc(OC)c(C)c1)C1CCCC1(C)C. The van der Waals surface area contributed by atoms with E-state index in [1.54, 1.807) is 7.11 Å². The lowest BCUT2D eigenvalue weighted by Gasteiger charge is -2.35. The summed E-state index contributed by atoms with van der Waals surface area (Å²) in [6, 6.07) is 7.09. The number of rotatable bonds is 5. The molecule has 2 heteroatoms. The molecule has 1 aromatic carbocycles. The van der Waals surface area contributed by atoms with Crippen molar-refractivity contribution in [2.24, 2.45) is 11.3 Å². The lowest BCUT2D eigenvalue weighted by atomic mass is 9.75. The molecule has 1 saturated carbocycles. The fraction of sp³-hybridized carbons (Fsp3) is 0.667. The maximum atomic E-state index is 5.39. The van der Waals surface area contributed by atoms with Crippen molar-refractivity contribution >= 4 is 0 Å². The molecule has 1 fully saturated rings. The molecule has 1 aromatic rings. The van der Waals surface area contributed by atoms with Crippen LogP contribution in [0.4, 0.5) is 0 Å². The summed E-state index contributed by atoms with van der Waals surface area (Å²) in [6.07, 6.45) is 4.03. The Balaban J connectivity index is 2.31. The van der Waals surface area contributed by atoms with Crippen LogP contribution in [-0.2, 0) is 0 Å². The minimum Gasteiger partial charge on any atom is -0.496 e. The molecule has 2 nitrogen and oxygen atoms in total. The van der Waals surface area contributed by atoms with Gasteiger partial charge < -0.3 is 10.1 Å². The fourth-order valence-corrected chi connectivity index (χ4v) is 3.78. The van der Waals surface area contributed by atoms with Crippen LogP contribution in [0, 0.1) is 18.3 Å². The number of nitrogens with one attached hydrogen (secondary N) is 1. The molecule has 0 heterocycles. The van der Waals surface area contributed by atoms with Crippen molar-refractivity contribution < 1.29 is 4.74 Å². The summed E-state index contributed by atoms with van der Waals surface area (Å²) >= 11 is 0. The zero-order chi connectivity index (χ0) is 14.8. The van der Waals surface area contributed by atoms with E-state index in [1.165, 1.54) is 30.4 Å². The van der Waals surface area contributed by atoms with Crippen molar-refractivity contribution in [3.05, 3.63) is 29.3 Å². The van der Waals surface area contributed by atoms with E-state index in [4.69, 9.17) is 4.74 Å². The second kappa shape index (κ2) is 6.17. The van der Waals surface area contributed by atoms with Gasteiger partial charge in [-0.25, -0.2) is 0 Å². The molecule has 112 valence electrons. The molecule has 2 rings (SSSR count). The monoisotopic (exact) mass is 275 g/mol. The van der Waals surface area contributed by atoms with E-state index in [0.29, 0.717) is 11.5 Å². The fourth-order valence-electron chi connectivity index (χ4n) is 3.78. The van der Waals surface area contributed by atoms with E-state index in [1.807, 2.05) is 0 Å². The maximum Gasteiger partial charge on any atom is 0.121 e. The summed E-state index contributed by atoms with van der Waals surface area (Å²) in [5, 5.41) is 3.72. The van der Waals surface area contributed by atoms with Crippen molar-refractivity contribution in [1.82, 2.24) is 5.32 Å². The van der Waals surface area contributed by atoms with Gasteiger partial charge in [0, 0.05) is 6.04 Å². The summed E-state index contributed by atoms with van der Waals surface area (Å²) in [4.78, 5) is 0. The Bertz CT molecular complexity index is 453. The third kappa shape index (κ3) is 3.01. The number of aryl methyl sites for hydroxylation is 1. The lowest BCUT2D eigenvalue weighted by molar-refractivity contribution is 0.199. The number of ether oxygens (including phenoxy) is 1. The molecule has 0 spiro atoms. The minimum absolute atomic E-state index is 0.431. The van der Waals surface area contributed by atoms with Crippen LogP contribution in [0.3, 0.4) is 0 Å². The molecule has 2 unspecified atom stereocenters. The van der Waals surface area contributed by atoms with Gasteiger partial charge in [-0.15, -0.1) is 0 Å². The highest BCUT2D eigenvalue weighted by atomic mass is 16.5. The second-order valence-electron chi connectivity index (χ2n) is 6.75. The van der Waals surface area contributed by atoms with Gasteiger partial charge in [0.1, 0.15) is 5.75 Å². The van der Waals surface area contributed by atoms with Crippen molar-refractivity contribution in [3.63, 3.8) is 0 Å². The highest BCUT2D eigenvalue weighted by Gasteiger charge is 2.39. The van der Waals surface area contributed by atoms with Gasteiger partial charge in [-0.1, -0.05) is 39.3 Å². The largest absolute Gasteiger partial charge is 0.496 e. The molecule has 0 bridgehead atoms. The first-order valence-electron chi connectivity index (χ1n) is 7.87. The van der Waals surface area contributed by atoms with Gasteiger partial charge in [0.2, 0.25) is 0 Å². The van der Waals surface area contributed by atoms with Gasteiger partial charge in [0.15, 0.2) is 0 Å². The average Bonchev–Trinajstić information content (AvgIpc) is 2.75. The molecule has 0 aliphatic heterocycles. The zero-order valence-corrected chi connectivity index (χ0v) is 13.6. The molecule has 0 aromatic heterocycles. The summed E-state index contributed by atoms with van der Waals surface area (Å²) < 4.78 is 5.39. The van der Waals surface area contributed by atoms with E-state index in [-0.39, 0.29) is 0 Å². The quantitative estimate of drug-likeness (QED) is 0.855. The molecule has 1 N–H and O–H groups in total. The van der Waals surface area contributed by atoms with Gasteiger partial charge in [-0.2, -0.15) is 0 Å². The van der Waals surface area contributed by atoms with E-state index < -0.39 is 0 Å². The van der Waals surface area contributed by atoms with Gasteiger partial charge in [-0.05, 0) is 54.8 Å². The topological polar surface area (TPSA) is 21.3 Å². The second-order valence-corrected chi connectivity index (χ2v) is 6.75. The Labute approximate surface area is 123 Å². The Morgan fingerprint density at radius 2 is 2.15 bits per heavy atom. The maximum absolute atomic E-state index is 5.39. The van der Waals surface area contributed by atoms with Gasteiger partial charge in [-0.3, -0.25) is 0 Å². The zero-order valence-electron chi connectivity index (χ0n) is 13.6. The molecule has 20 heavy (non-hydrogen) atoms. The van der Waals surface area contributed by atoms with Crippen LogP contribution in [-0.4, -0.2) is 13.7 Å². The van der Waals surface area contributed by atoms with Crippen molar-refractivity contribution in [2.75, 3.05) is 13.7 Å². The molecule has 1 aliphatic rings. The molecule has 0 saturated heterocycles. The predicted molar refractivity (Wildman–Crippen MR) is 85.3 cm³/mol. The Morgan fingerprint density at radius 1 is 1.40 bits per heavy atom. The number of methoxy groups -OCH3 is 1. The van der Waals surface area contributed by atoms with Crippen LogP contribution in [0.15, 0.2) is 18.2 Å².